The van der Waals surface area contributed by atoms with Crippen LogP contribution in [0.4, 0.5) is 0 Å². The SMILES string of the molecule is Cc1nn(CC(=O)N2CCCC2)c(C)c1S(=O)(=O)N1CCC[C@H](C(=O)NC2CCCCCCC2)C1. The van der Waals surface area contributed by atoms with E-state index < -0.39 is 10.0 Å². The number of likely N-dealkylation sites (tertiary alicyclic amines) is 1. The fourth-order valence-electron chi connectivity index (χ4n) is 5.83. The average Bonchev–Trinajstić information content (AvgIpc) is 3.44. The molecule has 1 aromatic rings. The zero-order chi connectivity index (χ0) is 25.0. The Kier molecular flexibility index (Phi) is 8.52. The molecule has 35 heavy (non-hydrogen) atoms. The lowest BCUT2D eigenvalue weighted by atomic mass is 9.94. The molecule has 0 spiro atoms. The zero-order valence-corrected chi connectivity index (χ0v) is 22.1. The van der Waals surface area contributed by atoms with Gasteiger partial charge in [0, 0.05) is 32.2 Å². The van der Waals surface area contributed by atoms with Crippen LogP contribution in [-0.2, 0) is 26.2 Å². The molecule has 2 saturated heterocycles. The van der Waals surface area contributed by atoms with E-state index in [2.05, 4.69) is 10.4 Å². The van der Waals surface area contributed by atoms with Gasteiger partial charge in [-0.15, -0.1) is 0 Å². The third-order valence-electron chi connectivity index (χ3n) is 7.86. The number of rotatable bonds is 6. The third-order valence-corrected chi connectivity index (χ3v) is 9.98. The number of piperidine rings is 1. The molecular weight excluding hydrogens is 466 g/mol. The summed E-state index contributed by atoms with van der Waals surface area (Å²) in [6.07, 6.45) is 11.4. The second kappa shape index (κ2) is 11.4. The van der Waals surface area contributed by atoms with Crippen LogP contribution in [0.2, 0.25) is 0 Å². The fraction of sp³-hybridized carbons (Fsp3) is 0.800. The van der Waals surface area contributed by atoms with Crippen LogP contribution in [0.3, 0.4) is 0 Å². The van der Waals surface area contributed by atoms with Crippen LogP contribution in [0, 0.1) is 19.8 Å². The molecule has 2 aliphatic heterocycles. The Morgan fingerprint density at radius 3 is 2.26 bits per heavy atom. The van der Waals surface area contributed by atoms with Crippen molar-refractivity contribution in [2.45, 2.75) is 102 Å². The summed E-state index contributed by atoms with van der Waals surface area (Å²) in [5.41, 5.74) is 0.883. The molecule has 9 nitrogen and oxygen atoms in total. The van der Waals surface area contributed by atoms with Gasteiger partial charge in [0.2, 0.25) is 21.8 Å². The number of aryl methyl sites for hydroxylation is 1. The first-order valence-corrected chi connectivity index (χ1v) is 14.8. The number of amides is 2. The fourth-order valence-corrected chi connectivity index (χ4v) is 7.72. The molecule has 4 rings (SSSR count). The lowest BCUT2D eigenvalue weighted by Crippen LogP contribution is -2.47. The van der Waals surface area contributed by atoms with Gasteiger partial charge in [-0.1, -0.05) is 32.1 Å². The quantitative estimate of drug-likeness (QED) is 0.638. The van der Waals surface area contributed by atoms with Gasteiger partial charge in [-0.25, -0.2) is 8.42 Å². The van der Waals surface area contributed by atoms with E-state index in [1.54, 1.807) is 13.8 Å². The smallest absolute Gasteiger partial charge is 0.246 e. The van der Waals surface area contributed by atoms with Gasteiger partial charge >= 0.3 is 0 Å². The van der Waals surface area contributed by atoms with Gasteiger partial charge in [0.15, 0.2) is 0 Å². The molecule has 0 radical (unpaired) electrons. The predicted octanol–water partition coefficient (Wildman–Crippen LogP) is 2.75. The summed E-state index contributed by atoms with van der Waals surface area (Å²) in [6.45, 7) is 5.54. The van der Waals surface area contributed by atoms with Crippen LogP contribution in [0.5, 0.6) is 0 Å². The van der Waals surface area contributed by atoms with Gasteiger partial charge < -0.3 is 10.2 Å². The van der Waals surface area contributed by atoms with Crippen molar-refractivity contribution < 1.29 is 18.0 Å². The van der Waals surface area contributed by atoms with Crippen molar-refractivity contribution in [1.29, 1.82) is 0 Å². The van der Waals surface area contributed by atoms with E-state index >= 15 is 0 Å². The molecule has 1 aromatic heterocycles. The molecule has 0 aromatic carbocycles. The van der Waals surface area contributed by atoms with Crippen molar-refractivity contribution in [3.63, 3.8) is 0 Å². The summed E-state index contributed by atoms with van der Waals surface area (Å²) in [4.78, 5) is 27.7. The van der Waals surface area contributed by atoms with Crippen molar-refractivity contribution in [1.82, 2.24) is 24.3 Å². The van der Waals surface area contributed by atoms with Crippen molar-refractivity contribution in [2.75, 3.05) is 26.2 Å². The van der Waals surface area contributed by atoms with E-state index in [9.17, 15) is 18.0 Å². The first-order chi connectivity index (χ1) is 16.8. The number of nitrogens with one attached hydrogen (secondary N) is 1. The molecule has 196 valence electrons. The molecule has 3 heterocycles. The number of hydrogen-bond acceptors (Lipinski definition) is 5. The maximum atomic E-state index is 13.7. The van der Waals surface area contributed by atoms with Gasteiger partial charge in [-0.2, -0.15) is 9.40 Å². The Morgan fingerprint density at radius 1 is 0.914 bits per heavy atom. The highest BCUT2D eigenvalue weighted by Crippen LogP contribution is 2.28. The standard InChI is InChI=1S/C25H41N5O4S/c1-19-24(20(2)30(27-19)18-23(31)28-14-8-9-15-28)35(33,34)29-16-10-11-21(17-29)25(32)26-22-12-6-4-3-5-7-13-22/h21-22H,3-18H2,1-2H3,(H,26,32)/t21-/m0/s1. The molecule has 3 fully saturated rings. The number of hydrogen-bond donors (Lipinski definition) is 1. The minimum Gasteiger partial charge on any atom is -0.353 e. The monoisotopic (exact) mass is 507 g/mol. The molecule has 3 aliphatic rings. The van der Waals surface area contributed by atoms with Crippen molar-refractivity contribution >= 4 is 21.8 Å². The highest BCUT2D eigenvalue weighted by atomic mass is 32.2. The lowest BCUT2D eigenvalue weighted by molar-refractivity contribution is -0.131. The summed E-state index contributed by atoms with van der Waals surface area (Å²) in [6, 6.07) is 0.200. The van der Waals surface area contributed by atoms with Crippen LogP contribution in [0.15, 0.2) is 4.90 Å². The average molecular weight is 508 g/mol. The molecular formula is C25H41N5O4S. The van der Waals surface area contributed by atoms with Crippen molar-refractivity contribution in [3.8, 4) is 0 Å². The maximum absolute atomic E-state index is 13.7. The molecule has 0 unspecified atom stereocenters. The summed E-state index contributed by atoms with van der Waals surface area (Å²) in [5, 5.41) is 7.64. The Bertz CT molecular complexity index is 1010. The first kappa shape index (κ1) is 26.1. The number of carbonyl (C=O) groups excluding carboxylic acids is 2. The Labute approximate surface area is 209 Å². The molecule has 1 N–H and O–H groups in total. The van der Waals surface area contributed by atoms with Crippen LogP contribution in [-0.4, -0.2) is 71.4 Å². The van der Waals surface area contributed by atoms with Gasteiger partial charge in [-0.3, -0.25) is 14.3 Å². The van der Waals surface area contributed by atoms with E-state index in [-0.39, 0.29) is 41.8 Å². The van der Waals surface area contributed by atoms with E-state index in [1.807, 2.05) is 4.90 Å². The molecule has 1 aliphatic carbocycles. The molecule has 10 heteroatoms. The van der Waals surface area contributed by atoms with Gasteiger partial charge in [0.05, 0.1) is 17.3 Å². The number of nitrogens with zero attached hydrogens (tertiary/aromatic N) is 4. The Hall–Kier alpha value is -1.94. The minimum absolute atomic E-state index is 0.0178. The van der Waals surface area contributed by atoms with Crippen LogP contribution < -0.4 is 5.32 Å². The highest BCUT2D eigenvalue weighted by molar-refractivity contribution is 7.89. The van der Waals surface area contributed by atoms with Gasteiger partial charge in [-0.05, 0) is 52.4 Å². The Balaban J connectivity index is 1.43. The number of aromatic nitrogens is 2. The predicted molar refractivity (Wildman–Crippen MR) is 133 cm³/mol. The number of carbonyl (C=O) groups is 2. The summed E-state index contributed by atoms with van der Waals surface area (Å²) < 4.78 is 30.3. The number of sulfonamides is 1. The van der Waals surface area contributed by atoms with Crippen LogP contribution in [0.1, 0.15) is 82.0 Å². The van der Waals surface area contributed by atoms with Gasteiger partial charge in [0.25, 0.3) is 0 Å². The van der Waals surface area contributed by atoms with E-state index in [0.29, 0.717) is 30.8 Å². The van der Waals surface area contributed by atoms with Crippen molar-refractivity contribution in [3.05, 3.63) is 11.4 Å². The van der Waals surface area contributed by atoms with Crippen LogP contribution in [0.25, 0.3) is 0 Å². The van der Waals surface area contributed by atoms with Gasteiger partial charge in [0.1, 0.15) is 11.4 Å². The summed E-state index contributed by atoms with van der Waals surface area (Å²) in [7, 11) is -3.82. The minimum atomic E-state index is -3.82. The first-order valence-electron chi connectivity index (χ1n) is 13.4. The van der Waals surface area contributed by atoms with Crippen LogP contribution >= 0.6 is 0 Å². The topological polar surface area (TPSA) is 105 Å². The zero-order valence-electron chi connectivity index (χ0n) is 21.3. The highest BCUT2D eigenvalue weighted by Gasteiger charge is 2.37. The lowest BCUT2D eigenvalue weighted by Gasteiger charge is -2.32. The molecule has 1 saturated carbocycles. The largest absolute Gasteiger partial charge is 0.353 e. The second-order valence-corrected chi connectivity index (χ2v) is 12.4. The maximum Gasteiger partial charge on any atom is 0.246 e. The molecule has 0 bridgehead atoms. The second-order valence-electron chi connectivity index (χ2n) is 10.5. The van der Waals surface area contributed by atoms with E-state index in [0.717, 1.165) is 51.6 Å². The third kappa shape index (κ3) is 6.07. The van der Waals surface area contributed by atoms with E-state index in [4.69, 9.17) is 0 Å². The Morgan fingerprint density at radius 2 is 1.57 bits per heavy atom. The summed E-state index contributed by atoms with van der Waals surface area (Å²) >= 11 is 0. The van der Waals surface area contributed by atoms with Crippen molar-refractivity contribution in [2.24, 2.45) is 5.92 Å². The molecule has 2 amide bonds. The molecule has 1 atom stereocenters. The van der Waals surface area contributed by atoms with E-state index in [1.165, 1.54) is 28.2 Å². The summed E-state index contributed by atoms with van der Waals surface area (Å²) in [5.74, 6) is -0.381. The normalized spacial score (nSPS) is 23.1.